The second-order valence-corrected chi connectivity index (χ2v) is 8.34. The summed E-state index contributed by atoms with van der Waals surface area (Å²) in [4.78, 5) is 26.9. The van der Waals surface area contributed by atoms with E-state index in [1.807, 2.05) is 65.8 Å². The number of carbonyl (C=O) groups is 2. The normalized spacial score (nSPS) is 17.9. The van der Waals surface area contributed by atoms with Crippen LogP contribution in [0, 0.1) is 0 Å². The second kappa shape index (κ2) is 6.46. The van der Waals surface area contributed by atoms with Crippen LogP contribution in [0.3, 0.4) is 0 Å². The predicted molar refractivity (Wildman–Crippen MR) is 93.6 cm³/mol. The summed E-state index contributed by atoms with van der Waals surface area (Å²) in [6, 6.07) is 7.35. The van der Waals surface area contributed by atoms with Crippen LogP contribution >= 0.6 is 0 Å². The van der Waals surface area contributed by atoms with Crippen LogP contribution in [0.25, 0.3) is 0 Å². The van der Waals surface area contributed by atoms with E-state index in [1.54, 1.807) is 0 Å². The number of nitrogens with one attached hydrogen (secondary N) is 1. The third kappa shape index (κ3) is 4.73. The summed E-state index contributed by atoms with van der Waals surface area (Å²) >= 11 is 0. The lowest BCUT2D eigenvalue weighted by Gasteiger charge is -2.38. The van der Waals surface area contributed by atoms with Crippen molar-refractivity contribution in [1.29, 1.82) is 0 Å². The van der Waals surface area contributed by atoms with Gasteiger partial charge >= 0.3 is 6.09 Å². The van der Waals surface area contributed by atoms with Gasteiger partial charge in [0.25, 0.3) is 0 Å². The third-order valence-electron chi connectivity index (χ3n) is 3.68. The van der Waals surface area contributed by atoms with Gasteiger partial charge < -0.3 is 10.1 Å². The first-order chi connectivity index (χ1) is 11.0. The van der Waals surface area contributed by atoms with Gasteiger partial charge in [-0.2, -0.15) is 0 Å². The zero-order chi connectivity index (χ0) is 18.1. The van der Waals surface area contributed by atoms with Gasteiger partial charge in [-0.1, -0.05) is 24.3 Å². The van der Waals surface area contributed by atoms with Crippen molar-refractivity contribution < 1.29 is 14.3 Å². The van der Waals surface area contributed by atoms with E-state index in [0.717, 1.165) is 11.1 Å². The summed E-state index contributed by atoms with van der Waals surface area (Å²) in [5.41, 5.74) is 1.21. The monoisotopic (exact) mass is 332 g/mol. The minimum absolute atomic E-state index is 0.150. The van der Waals surface area contributed by atoms with Crippen LogP contribution in [0.15, 0.2) is 24.3 Å². The number of amides is 2. The molecule has 132 valence electrons. The molecule has 0 radical (unpaired) electrons. The molecule has 0 spiro atoms. The molecule has 24 heavy (non-hydrogen) atoms. The summed E-state index contributed by atoms with van der Waals surface area (Å²) in [6.07, 6.45) is 0.0446. The Kier molecular flexibility index (Phi) is 4.92. The molecule has 0 aromatic heterocycles. The summed E-state index contributed by atoms with van der Waals surface area (Å²) in [6.45, 7) is 11.7. The lowest BCUT2D eigenvalue weighted by atomic mass is 9.93. The first-order valence-corrected chi connectivity index (χ1v) is 8.35. The van der Waals surface area contributed by atoms with Gasteiger partial charge in [-0.3, -0.25) is 9.69 Å². The average Bonchev–Trinajstić information content (AvgIpc) is 2.42. The Hall–Kier alpha value is -2.04. The fourth-order valence-electron chi connectivity index (χ4n) is 2.72. The van der Waals surface area contributed by atoms with Crippen LogP contribution in [0.2, 0.25) is 0 Å². The van der Waals surface area contributed by atoms with E-state index in [0.29, 0.717) is 13.0 Å². The highest BCUT2D eigenvalue weighted by molar-refractivity contribution is 5.87. The standard InChI is InChI=1S/C19H28N2O3/c1-18(2,3)20-16(22)15-11-13-9-7-8-10-14(13)12-21(15)17(23)24-19(4,5)6/h7-10,15H,11-12H2,1-6H3,(H,20,22)/t15-/m0/s1. The van der Waals surface area contributed by atoms with Crippen LogP contribution in [0.4, 0.5) is 4.79 Å². The molecule has 5 heteroatoms. The molecule has 0 unspecified atom stereocenters. The van der Waals surface area contributed by atoms with E-state index in [1.165, 1.54) is 4.90 Å². The van der Waals surface area contributed by atoms with Crippen molar-refractivity contribution in [3.05, 3.63) is 35.4 Å². The number of hydrogen-bond acceptors (Lipinski definition) is 3. The molecule has 1 atom stereocenters. The first-order valence-electron chi connectivity index (χ1n) is 8.35. The molecule has 2 rings (SSSR count). The molecule has 1 aromatic carbocycles. The number of hydrogen-bond donors (Lipinski definition) is 1. The molecule has 0 fully saturated rings. The maximum Gasteiger partial charge on any atom is 0.411 e. The van der Waals surface area contributed by atoms with Gasteiger partial charge in [0.05, 0.1) is 6.54 Å². The predicted octanol–water partition coefficient (Wildman–Crippen LogP) is 3.26. The average molecular weight is 332 g/mol. The van der Waals surface area contributed by atoms with Gasteiger partial charge in [0.1, 0.15) is 11.6 Å². The van der Waals surface area contributed by atoms with Gasteiger partial charge in [0.2, 0.25) is 5.91 Å². The van der Waals surface area contributed by atoms with Gasteiger partial charge in [-0.15, -0.1) is 0 Å². The number of ether oxygens (including phenoxy) is 1. The first kappa shape index (κ1) is 18.3. The van der Waals surface area contributed by atoms with Crippen molar-refractivity contribution in [2.75, 3.05) is 0 Å². The molecule has 0 bridgehead atoms. The van der Waals surface area contributed by atoms with Crippen molar-refractivity contribution in [3.8, 4) is 0 Å². The van der Waals surface area contributed by atoms with Crippen molar-refractivity contribution in [2.24, 2.45) is 0 Å². The van der Waals surface area contributed by atoms with E-state index < -0.39 is 17.7 Å². The van der Waals surface area contributed by atoms with Crippen LogP contribution in [-0.4, -0.2) is 34.1 Å². The highest BCUT2D eigenvalue weighted by Crippen LogP contribution is 2.25. The van der Waals surface area contributed by atoms with Crippen LogP contribution in [0.1, 0.15) is 52.7 Å². The summed E-state index contributed by atoms with van der Waals surface area (Å²) in [5, 5.41) is 2.98. The van der Waals surface area contributed by atoms with Gasteiger partial charge in [0, 0.05) is 12.0 Å². The minimum Gasteiger partial charge on any atom is -0.444 e. The number of rotatable bonds is 1. The minimum atomic E-state index is -0.598. The molecule has 2 amide bonds. The Morgan fingerprint density at radius 2 is 1.67 bits per heavy atom. The summed E-state index contributed by atoms with van der Waals surface area (Å²) in [7, 11) is 0. The van der Waals surface area contributed by atoms with E-state index >= 15 is 0 Å². The zero-order valence-electron chi connectivity index (χ0n) is 15.5. The number of benzene rings is 1. The van der Waals surface area contributed by atoms with Crippen LogP contribution in [-0.2, 0) is 22.5 Å². The largest absolute Gasteiger partial charge is 0.444 e. The molecule has 0 saturated heterocycles. The quantitative estimate of drug-likeness (QED) is 0.859. The molecule has 0 aliphatic carbocycles. The van der Waals surface area contributed by atoms with Crippen LogP contribution < -0.4 is 5.32 Å². The van der Waals surface area contributed by atoms with E-state index in [9.17, 15) is 9.59 Å². The maximum absolute atomic E-state index is 12.7. The van der Waals surface area contributed by atoms with Gasteiger partial charge in [0.15, 0.2) is 0 Å². The second-order valence-electron chi connectivity index (χ2n) is 8.34. The fraction of sp³-hybridized carbons (Fsp3) is 0.579. The smallest absolute Gasteiger partial charge is 0.411 e. The highest BCUT2D eigenvalue weighted by Gasteiger charge is 2.37. The maximum atomic E-state index is 12.7. The topological polar surface area (TPSA) is 58.6 Å². The molecular weight excluding hydrogens is 304 g/mol. The third-order valence-corrected chi connectivity index (χ3v) is 3.68. The molecule has 1 aliphatic rings. The zero-order valence-corrected chi connectivity index (χ0v) is 15.5. The molecule has 0 saturated carbocycles. The Morgan fingerprint density at radius 1 is 1.08 bits per heavy atom. The molecule has 1 heterocycles. The number of carbonyl (C=O) groups excluding carboxylic acids is 2. The van der Waals surface area contributed by atoms with E-state index in [2.05, 4.69) is 5.32 Å². The Labute approximate surface area is 144 Å². The van der Waals surface area contributed by atoms with E-state index in [-0.39, 0.29) is 11.4 Å². The lowest BCUT2D eigenvalue weighted by Crippen LogP contribution is -2.56. The van der Waals surface area contributed by atoms with Crippen molar-refractivity contribution >= 4 is 12.0 Å². The van der Waals surface area contributed by atoms with E-state index in [4.69, 9.17) is 4.74 Å². The Balaban J connectivity index is 2.29. The highest BCUT2D eigenvalue weighted by atomic mass is 16.6. The SMILES string of the molecule is CC(C)(C)NC(=O)[C@@H]1Cc2ccccc2CN1C(=O)OC(C)(C)C. The van der Waals surface area contributed by atoms with Crippen molar-refractivity contribution in [1.82, 2.24) is 10.2 Å². The summed E-state index contributed by atoms with van der Waals surface area (Å²) in [5.74, 6) is -0.150. The fourth-order valence-corrected chi connectivity index (χ4v) is 2.72. The Bertz CT molecular complexity index is 571. The summed E-state index contributed by atoms with van der Waals surface area (Å²) < 4.78 is 5.51. The molecule has 1 aromatic rings. The van der Waals surface area contributed by atoms with Crippen molar-refractivity contribution in [3.63, 3.8) is 0 Å². The molecule has 5 nitrogen and oxygen atoms in total. The molecule has 1 N–H and O–H groups in total. The van der Waals surface area contributed by atoms with Crippen molar-refractivity contribution in [2.45, 2.75) is 71.7 Å². The van der Waals surface area contributed by atoms with Gasteiger partial charge in [-0.25, -0.2) is 4.79 Å². The van der Waals surface area contributed by atoms with Gasteiger partial charge in [-0.05, 0) is 52.7 Å². The molecular formula is C19H28N2O3. The van der Waals surface area contributed by atoms with Crippen LogP contribution in [0.5, 0.6) is 0 Å². The number of nitrogens with zero attached hydrogens (tertiary/aromatic N) is 1. The lowest BCUT2D eigenvalue weighted by molar-refractivity contribution is -0.128. The number of fused-ring (bicyclic) bond motifs is 1. The molecule has 1 aliphatic heterocycles. The Morgan fingerprint density at radius 3 is 2.21 bits per heavy atom.